The van der Waals surface area contributed by atoms with Gasteiger partial charge in [-0.25, -0.2) is 4.98 Å². The quantitative estimate of drug-likeness (QED) is 0.688. The smallest absolute Gasteiger partial charge is 0.241 e. The molecule has 1 amide bonds. The molecule has 1 heterocycles. The molecule has 17 heavy (non-hydrogen) atoms. The van der Waals surface area contributed by atoms with Crippen LogP contribution in [0.2, 0.25) is 0 Å². The van der Waals surface area contributed by atoms with Crippen LogP contribution in [0.5, 0.6) is 0 Å². The molecule has 0 radical (unpaired) electrons. The van der Waals surface area contributed by atoms with Gasteiger partial charge in [0.2, 0.25) is 5.91 Å². The van der Waals surface area contributed by atoms with E-state index in [2.05, 4.69) is 9.97 Å². The van der Waals surface area contributed by atoms with Gasteiger partial charge in [-0.15, -0.1) is 0 Å². The van der Waals surface area contributed by atoms with Gasteiger partial charge in [0, 0.05) is 6.08 Å². The van der Waals surface area contributed by atoms with Gasteiger partial charge in [-0.2, -0.15) is 0 Å². The molecule has 0 saturated carbocycles. The summed E-state index contributed by atoms with van der Waals surface area (Å²) in [6.07, 6.45) is 2.98. The van der Waals surface area contributed by atoms with Crippen LogP contribution in [0, 0.1) is 0 Å². The number of nitrogens with one attached hydrogen (secondary N) is 1. The molecule has 0 saturated heterocycles. The highest BCUT2D eigenvalue weighted by molar-refractivity contribution is 5.91. The second-order valence-electron chi connectivity index (χ2n) is 3.92. The predicted molar refractivity (Wildman–Crippen MR) is 66.9 cm³/mol. The Morgan fingerprint density at radius 2 is 2.29 bits per heavy atom. The van der Waals surface area contributed by atoms with Crippen LogP contribution in [-0.4, -0.2) is 15.9 Å². The lowest BCUT2D eigenvalue weighted by molar-refractivity contribution is -0.113. The maximum absolute atomic E-state index is 10.6. The molecule has 2 aromatic rings. The van der Waals surface area contributed by atoms with Crippen molar-refractivity contribution < 1.29 is 4.79 Å². The molecule has 0 fully saturated rings. The van der Waals surface area contributed by atoms with Gasteiger partial charge in [0.1, 0.15) is 5.82 Å². The molecule has 1 atom stereocenters. The number of carbonyl (C=O) groups excluding carboxylic acids is 1. The Balaban J connectivity index is 2.40. The average molecular weight is 230 g/mol. The molecule has 0 spiro atoms. The minimum Gasteiger partial charge on any atom is -0.366 e. The Morgan fingerprint density at radius 1 is 1.53 bits per heavy atom. The third-order valence-electron chi connectivity index (χ3n) is 2.40. The first-order valence-electron chi connectivity index (χ1n) is 5.29. The largest absolute Gasteiger partial charge is 0.366 e. The molecular formula is C12H14N4O. The lowest BCUT2D eigenvalue weighted by atomic mass is 10.2. The molecule has 0 bridgehead atoms. The van der Waals surface area contributed by atoms with E-state index in [9.17, 15) is 4.79 Å². The SMILES string of the molecule is C[C@@H](N)c1nc2ccc(/C=C/C(N)=O)cc2[nH]1. The first-order valence-corrected chi connectivity index (χ1v) is 5.29. The number of aromatic nitrogens is 2. The highest BCUT2D eigenvalue weighted by atomic mass is 16.1. The summed E-state index contributed by atoms with van der Waals surface area (Å²) in [7, 11) is 0. The topological polar surface area (TPSA) is 97.8 Å². The van der Waals surface area contributed by atoms with Crippen LogP contribution in [0.15, 0.2) is 24.3 Å². The summed E-state index contributed by atoms with van der Waals surface area (Å²) in [6, 6.07) is 5.51. The first-order chi connectivity index (χ1) is 8.06. The van der Waals surface area contributed by atoms with E-state index in [4.69, 9.17) is 11.5 Å². The number of rotatable bonds is 3. The molecule has 0 aliphatic carbocycles. The normalized spacial score (nSPS) is 13.3. The minimum atomic E-state index is -0.467. The number of hydrogen-bond acceptors (Lipinski definition) is 3. The maximum Gasteiger partial charge on any atom is 0.241 e. The highest BCUT2D eigenvalue weighted by Crippen LogP contribution is 2.17. The number of primary amides is 1. The van der Waals surface area contributed by atoms with Gasteiger partial charge in [0.25, 0.3) is 0 Å². The fraction of sp³-hybridized carbons (Fsp3) is 0.167. The van der Waals surface area contributed by atoms with E-state index in [1.54, 1.807) is 6.08 Å². The van der Waals surface area contributed by atoms with Crippen LogP contribution in [-0.2, 0) is 4.79 Å². The molecule has 5 nitrogen and oxygen atoms in total. The summed E-state index contributed by atoms with van der Waals surface area (Å²) in [5.41, 5.74) is 13.4. The van der Waals surface area contributed by atoms with Gasteiger partial charge in [0.05, 0.1) is 17.1 Å². The summed E-state index contributed by atoms with van der Waals surface area (Å²) < 4.78 is 0. The number of H-pyrrole nitrogens is 1. The first kappa shape index (κ1) is 11.3. The minimum absolute atomic E-state index is 0.132. The van der Waals surface area contributed by atoms with Crippen molar-refractivity contribution in [2.75, 3.05) is 0 Å². The molecule has 0 aliphatic heterocycles. The van der Waals surface area contributed by atoms with Crippen LogP contribution < -0.4 is 11.5 Å². The molecule has 0 aliphatic rings. The van der Waals surface area contributed by atoms with Gasteiger partial charge in [-0.3, -0.25) is 4.79 Å². The summed E-state index contributed by atoms with van der Waals surface area (Å²) in [4.78, 5) is 18.1. The molecule has 1 aromatic heterocycles. The van der Waals surface area contributed by atoms with Crippen molar-refractivity contribution in [2.45, 2.75) is 13.0 Å². The van der Waals surface area contributed by atoms with E-state index >= 15 is 0 Å². The zero-order valence-electron chi connectivity index (χ0n) is 9.47. The Labute approximate surface area is 98.5 Å². The fourth-order valence-corrected chi connectivity index (χ4v) is 1.54. The van der Waals surface area contributed by atoms with Crippen molar-refractivity contribution in [3.05, 3.63) is 35.7 Å². The van der Waals surface area contributed by atoms with E-state index < -0.39 is 5.91 Å². The van der Waals surface area contributed by atoms with Crippen LogP contribution >= 0.6 is 0 Å². The summed E-state index contributed by atoms with van der Waals surface area (Å²) in [5.74, 6) is 0.280. The van der Waals surface area contributed by atoms with E-state index in [1.165, 1.54) is 6.08 Å². The van der Waals surface area contributed by atoms with Crippen LogP contribution in [0.25, 0.3) is 17.1 Å². The van der Waals surface area contributed by atoms with Gasteiger partial charge >= 0.3 is 0 Å². The van der Waals surface area contributed by atoms with E-state index in [1.807, 2.05) is 25.1 Å². The van der Waals surface area contributed by atoms with E-state index in [0.717, 1.165) is 22.4 Å². The lowest BCUT2D eigenvalue weighted by Gasteiger charge is -1.96. The van der Waals surface area contributed by atoms with E-state index in [-0.39, 0.29) is 6.04 Å². The molecule has 1 aromatic carbocycles. The fourth-order valence-electron chi connectivity index (χ4n) is 1.54. The van der Waals surface area contributed by atoms with Crippen molar-refractivity contribution >= 4 is 23.0 Å². The number of amides is 1. The Bertz CT molecular complexity index is 583. The van der Waals surface area contributed by atoms with Crippen molar-refractivity contribution in [1.82, 2.24) is 9.97 Å². The van der Waals surface area contributed by atoms with Gasteiger partial charge in [-0.1, -0.05) is 6.07 Å². The number of nitrogens with zero attached hydrogens (tertiary/aromatic N) is 1. The highest BCUT2D eigenvalue weighted by Gasteiger charge is 2.06. The molecule has 5 N–H and O–H groups in total. The number of fused-ring (bicyclic) bond motifs is 1. The monoisotopic (exact) mass is 230 g/mol. The lowest BCUT2D eigenvalue weighted by Crippen LogP contribution is -2.06. The van der Waals surface area contributed by atoms with E-state index in [0.29, 0.717) is 0 Å². The number of carbonyl (C=O) groups is 1. The van der Waals surface area contributed by atoms with Crippen molar-refractivity contribution in [3.63, 3.8) is 0 Å². The number of benzene rings is 1. The zero-order valence-corrected chi connectivity index (χ0v) is 9.47. The standard InChI is InChI=1S/C12H14N4O/c1-7(13)12-15-9-4-2-8(3-5-11(14)17)6-10(9)16-12/h2-7H,13H2,1H3,(H2,14,17)(H,15,16)/b5-3+/t7-/m1/s1. The second-order valence-corrected chi connectivity index (χ2v) is 3.92. The van der Waals surface area contributed by atoms with Gasteiger partial charge in [-0.05, 0) is 30.7 Å². The second kappa shape index (κ2) is 4.39. The van der Waals surface area contributed by atoms with Gasteiger partial charge in [0.15, 0.2) is 0 Å². The number of nitrogens with two attached hydrogens (primary N) is 2. The summed E-state index contributed by atoms with van der Waals surface area (Å²) in [5, 5.41) is 0. The number of aromatic amines is 1. The van der Waals surface area contributed by atoms with Gasteiger partial charge < -0.3 is 16.5 Å². The van der Waals surface area contributed by atoms with Crippen LogP contribution in [0.1, 0.15) is 24.4 Å². The number of imidazole rings is 1. The van der Waals surface area contributed by atoms with Crippen molar-refractivity contribution in [3.8, 4) is 0 Å². The predicted octanol–water partition coefficient (Wildman–Crippen LogP) is 1.08. The summed E-state index contributed by atoms with van der Waals surface area (Å²) >= 11 is 0. The Kier molecular flexibility index (Phi) is 2.93. The van der Waals surface area contributed by atoms with Crippen molar-refractivity contribution in [1.29, 1.82) is 0 Å². The molecule has 5 heteroatoms. The average Bonchev–Trinajstić information content (AvgIpc) is 2.69. The Morgan fingerprint density at radius 3 is 2.94 bits per heavy atom. The summed E-state index contributed by atoms with van der Waals surface area (Å²) in [6.45, 7) is 1.87. The molecular weight excluding hydrogens is 216 g/mol. The number of hydrogen-bond donors (Lipinski definition) is 3. The third kappa shape index (κ3) is 2.51. The molecule has 0 unspecified atom stereocenters. The maximum atomic E-state index is 10.6. The third-order valence-corrected chi connectivity index (χ3v) is 2.40. The van der Waals surface area contributed by atoms with Crippen molar-refractivity contribution in [2.24, 2.45) is 11.5 Å². The molecule has 2 rings (SSSR count). The van der Waals surface area contributed by atoms with Crippen LogP contribution in [0.3, 0.4) is 0 Å². The Hall–Kier alpha value is -2.14. The molecule has 88 valence electrons. The zero-order chi connectivity index (χ0) is 12.4. The van der Waals surface area contributed by atoms with Crippen LogP contribution in [0.4, 0.5) is 0 Å².